The Morgan fingerprint density at radius 3 is 1.31 bits per heavy atom. The summed E-state index contributed by atoms with van der Waals surface area (Å²) < 4.78 is 0. The van der Waals surface area contributed by atoms with E-state index < -0.39 is 24.1 Å². The Morgan fingerprint density at radius 2 is 1.23 bits per heavy atom. The number of hydrogen-bond acceptors (Lipinski definition) is 6. The Kier molecular flexibility index (Phi) is 9.63. The van der Waals surface area contributed by atoms with Gasteiger partial charge in [0.2, 0.25) is 0 Å². The van der Waals surface area contributed by atoms with Crippen LogP contribution in [0.3, 0.4) is 0 Å². The maximum absolute atomic E-state index is 9.63. The van der Waals surface area contributed by atoms with Gasteiger partial charge in [0.15, 0.2) is 0 Å². The number of carboxylic acids is 2. The van der Waals surface area contributed by atoms with E-state index in [1.807, 2.05) is 0 Å². The molecule has 0 unspecified atom stereocenters. The van der Waals surface area contributed by atoms with Crippen molar-refractivity contribution in [2.45, 2.75) is 22.1 Å². The van der Waals surface area contributed by atoms with Gasteiger partial charge in [0.05, 0.1) is 11.9 Å². The van der Waals surface area contributed by atoms with Gasteiger partial charge in [-0.3, -0.25) is 0 Å². The number of aliphatic hydroxyl groups excluding tert-OH is 2. The van der Waals surface area contributed by atoms with E-state index in [0.29, 0.717) is 0 Å². The summed E-state index contributed by atoms with van der Waals surface area (Å²) in [5.41, 5.74) is 0. The third-order valence-corrected chi connectivity index (χ3v) is 0.782. The normalized spacial score (nSPS) is 12.9. The van der Waals surface area contributed by atoms with E-state index in [0.717, 1.165) is 0 Å². The molecule has 0 amide bonds. The fourth-order valence-corrected chi connectivity index (χ4v) is 0.258. The zero-order chi connectivity index (χ0) is 11.0. The summed E-state index contributed by atoms with van der Waals surface area (Å²) in [4.78, 5) is 23.9. The predicted molar refractivity (Wildman–Crippen MR) is 39.5 cm³/mol. The van der Waals surface area contributed by atoms with Crippen LogP contribution in [-0.2, 0) is 9.59 Å². The van der Waals surface area contributed by atoms with Crippen molar-refractivity contribution in [3.8, 4) is 0 Å². The van der Waals surface area contributed by atoms with Crippen LogP contribution in [-0.4, -0.2) is 55.5 Å². The van der Waals surface area contributed by atoms with Crippen molar-refractivity contribution in [3.63, 3.8) is 0 Å². The van der Waals surface area contributed by atoms with Crippen molar-refractivity contribution in [1.29, 1.82) is 0 Å². The Bertz CT molecular complexity index is 153. The average Bonchev–Trinajstić information content (AvgIpc) is 2.03. The quantitative estimate of drug-likeness (QED) is 0.512. The fraction of sp³-hybridized carbons (Fsp3) is 0.667. The second-order valence-electron chi connectivity index (χ2n) is 2.03. The van der Waals surface area contributed by atoms with Gasteiger partial charge in [-0.15, -0.1) is 0 Å². The van der Waals surface area contributed by atoms with Gasteiger partial charge in [-0.05, 0) is 0 Å². The van der Waals surface area contributed by atoms with Crippen molar-refractivity contribution in [1.82, 2.24) is 0 Å². The van der Waals surface area contributed by atoms with Gasteiger partial charge in [-0.2, -0.15) is 0 Å². The molecule has 0 radical (unpaired) electrons. The van der Waals surface area contributed by atoms with Crippen molar-refractivity contribution in [3.05, 3.63) is 0 Å². The summed E-state index contributed by atoms with van der Waals surface area (Å²) in [5, 5.41) is 35.7. The van der Waals surface area contributed by atoms with E-state index in [9.17, 15) is 19.8 Å². The van der Waals surface area contributed by atoms with Crippen LogP contribution in [0, 0.1) is 0 Å². The summed E-state index contributed by atoms with van der Waals surface area (Å²) in [6, 6.07) is 0. The summed E-state index contributed by atoms with van der Waals surface area (Å²) in [7, 11) is 0. The van der Waals surface area contributed by atoms with Crippen LogP contribution >= 0.6 is 0 Å². The Morgan fingerprint density at radius 1 is 1.08 bits per heavy atom. The van der Waals surface area contributed by atoms with Gasteiger partial charge in [-0.25, -0.2) is 0 Å². The number of carboxylic acid groups (broad SMARTS) is 2. The second kappa shape index (κ2) is 8.27. The first-order valence-corrected chi connectivity index (χ1v) is 8.95. The molecule has 0 saturated heterocycles. The minimum absolute atomic E-state index is 0.230. The second-order valence-corrected chi connectivity index (χ2v) is 4.88. The standard InChI is InChI=1S/C4H6O6.2CH3.Sn/c5-1(3(7)8)2(6)4(9)10;;;/h1-2,5-6H,(H,7,8)(H,9,10);2*1H3;/q;;;+2/p-2/t1-,2-;;;/m0.../s1. The van der Waals surface area contributed by atoms with E-state index in [2.05, 4.69) is 9.88 Å². The average molecular weight is 297 g/mol. The third-order valence-electron chi connectivity index (χ3n) is 0.782. The molecular formula is C6H10O6Sn. The van der Waals surface area contributed by atoms with E-state index in [4.69, 9.17) is 10.2 Å². The number of aliphatic hydroxyl groups is 2. The molecule has 0 aliphatic heterocycles. The summed E-state index contributed by atoms with van der Waals surface area (Å²) >= 11 is 0.230. The van der Waals surface area contributed by atoms with Gasteiger partial charge >= 0.3 is 31.0 Å². The minimum atomic E-state index is -2.44. The number of carbonyl (C=O) groups excluding carboxylic acids is 2. The molecule has 0 rings (SSSR count). The van der Waals surface area contributed by atoms with Gasteiger partial charge in [0.25, 0.3) is 0 Å². The molecule has 0 heterocycles. The van der Waals surface area contributed by atoms with Gasteiger partial charge in [0.1, 0.15) is 12.2 Å². The van der Waals surface area contributed by atoms with Gasteiger partial charge < -0.3 is 30.0 Å². The molecule has 74 valence electrons. The van der Waals surface area contributed by atoms with Crippen LogP contribution in [0.15, 0.2) is 0 Å². The molecule has 0 spiro atoms. The topological polar surface area (TPSA) is 121 Å². The number of hydrogen-bond donors (Lipinski definition) is 2. The molecule has 0 saturated carbocycles. The predicted octanol–water partition coefficient (Wildman–Crippen LogP) is -4.01. The monoisotopic (exact) mass is 298 g/mol. The molecule has 0 aliphatic carbocycles. The van der Waals surface area contributed by atoms with Crippen LogP contribution in [0.2, 0.25) is 9.88 Å². The summed E-state index contributed by atoms with van der Waals surface area (Å²) in [6.45, 7) is 0. The number of carbonyl (C=O) groups is 2. The SMILES string of the molecule is O=C([O-])[C@@H](O)[C@H](O)C(=O)[O-].[CH3][Sn+2][CH3]. The molecule has 0 aromatic heterocycles. The molecule has 0 aromatic carbocycles. The summed E-state index contributed by atoms with van der Waals surface area (Å²) in [5.74, 6) is -4.12. The number of aliphatic carboxylic acids is 2. The first-order chi connectivity index (χ1) is 5.88. The van der Waals surface area contributed by atoms with E-state index in [1.165, 1.54) is 0 Å². The summed E-state index contributed by atoms with van der Waals surface area (Å²) in [6.07, 6.45) is -4.88. The van der Waals surface area contributed by atoms with Gasteiger partial charge in [-0.1, -0.05) is 0 Å². The molecule has 0 aromatic rings. The van der Waals surface area contributed by atoms with Crippen LogP contribution in [0.4, 0.5) is 0 Å². The first kappa shape index (κ1) is 15.1. The molecular weight excluding hydrogens is 287 g/mol. The zero-order valence-corrected chi connectivity index (χ0v) is 10.0. The van der Waals surface area contributed by atoms with Gasteiger partial charge in [0, 0.05) is 0 Å². The van der Waals surface area contributed by atoms with E-state index >= 15 is 0 Å². The van der Waals surface area contributed by atoms with Crippen molar-refractivity contribution >= 4 is 33.1 Å². The molecule has 2 N–H and O–H groups in total. The van der Waals surface area contributed by atoms with Crippen LogP contribution in [0.5, 0.6) is 0 Å². The zero-order valence-electron chi connectivity index (χ0n) is 7.18. The molecule has 0 bridgehead atoms. The molecule has 6 nitrogen and oxygen atoms in total. The Labute approximate surface area is 85.4 Å². The molecule has 0 fully saturated rings. The number of rotatable bonds is 3. The first-order valence-electron chi connectivity index (χ1n) is 3.24. The van der Waals surface area contributed by atoms with Crippen LogP contribution in [0.1, 0.15) is 0 Å². The Hall–Kier alpha value is -0.341. The molecule has 13 heavy (non-hydrogen) atoms. The third kappa shape index (κ3) is 8.00. The fourth-order valence-electron chi connectivity index (χ4n) is 0.258. The van der Waals surface area contributed by atoms with Crippen LogP contribution < -0.4 is 10.2 Å². The van der Waals surface area contributed by atoms with E-state index in [-0.39, 0.29) is 21.1 Å². The molecule has 7 heteroatoms. The van der Waals surface area contributed by atoms with Crippen LogP contribution in [0.25, 0.3) is 0 Å². The Balaban J connectivity index is 0. The van der Waals surface area contributed by atoms with Crippen molar-refractivity contribution in [2.24, 2.45) is 0 Å². The maximum atomic E-state index is 9.63. The molecule has 0 aliphatic rings. The van der Waals surface area contributed by atoms with Crippen molar-refractivity contribution in [2.75, 3.05) is 0 Å². The molecule has 2 atom stereocenters. The van der Waals surface area contributed by atoms with Crippen molar-refractivity contribution < 1.29 is 30.0 Å². The van der Waals surface area contributed by atoms with E-state index in [1.54, 1.807) is 0 Å².